The molecule has 8 heteroatoms. The van der Waals surface area contributed by atoms with Crippen LogP contribution in [0.5, 0.6) is 5.75 Å². The van der Waals surface area contributed by atoms with Gasteiger partial charge in [-0.2, -0.15) is 5.01 Å². The number of amides is 4. The third-order valence-corrected chi connectivity index (χ3v) is 5.40. The molecular formula is C20H28N4O4. The third-order valence-electron chi connectivity index (χ3n) is 5.40. The van der Waals surface area contributed by atoms with Gasteiger partial charge in [0.2, 0.25) is 0 Å². The van der Waals surface area contributed by atoms with Crippen LogP contribution in [0.4, 0.5) is 4.79 Å². The first-order valence-electron chi connectivity index (χ1n) is 9.90. The topological polar surface area (TPSA) is 102 Å². The minimum absolute atomic E-state index is 0.0201. The van der Waals surface area contributed by atoms with Crippen LogP contribution in [0.15, 0.2) is 24.3 Å². The molecule has 3 N–H and O–H groups in total. The molecule has 1 saturated carbocycles. The summed E-state index contributed by atoms with van der Waals surface area (Å²) in [5, 5.41) is 13.6. The van der Waals surface area contributed by atoms with E-state index in [9.17, 15) is 19.5 Å². The molecule has 0 aromatic heterocycles. The average molecular weight is 388 g/mol. The maximum Gasteiger partial charge on any atom is 0.344 e. The van der Waals surface area contributed by atoms with Gasteiger partial charge in [-0.15, -0.1) is 0 Å². The van der Waals surface area contributed by atoms with Gasteiger partial charge in [0, 0.05) is 12.1 Å². The second kappa shape index (κ2) is 8.60. The van der Waals surface area contributed by atoms with E-state index in [1.807, 2.05) is 17.9 Å². The Hall–Kier alpha value is -2.61. The Morgan fingerprint density at radius 1 is 1.25 bits per heavy atom. The van der Waals surface area contributed by atoms with Gasteiger partial charge in [-0.3, -0.25) is 19.9 Å². The zero-order valence-electron chi connectivity index (χ0n) is 16.2. The van der Waals surface area contributed by atoms with Crippen LogP contribution in [-0.4, -0.2) is 51.5 Å². The first-order valence-corrected chi connectivity index (χ1v) is 9.90. The number of aromatic hydroxyl groups is 1. The molecular weight excluding hydrogens is 360 g/mol. The van der Waals surface area contributed by atoms with Crippen LogP contribution in [-0.2, 0) is 16.1 Å². The Labute approximate surface area is 164 Å². The minimum atomic E-state index is -0.860. The van der Waals surface area contributed by atoms with E-state index in [-0.39, 0.29) is 18.2 Å². The number of carbonyl (C=O) groups is 3. The van der Waals surface area contributed by atoms with Crippen LogP contribution in [0.3, 0.4) is 0 Å². The Morgan fingerprint density at radius 3 is 2.64 bits per heavy atom. The number of hydrogen-bond donors (Lipinski definition) is 3. The number of nitrogens with zero attached hydrogens (tertiary/aromatic N) is 2. The van der Waals surface area contributed by atoms with Crippen molar-refractivity contribution in [1.82, 2.24) is 20.7 Å². The smallest absolute Gasteiger partial charge is 0.344 e. The Kier molecular flexibility index (Phi) is 6.18. The predicted molar refractivity (Wildman–Crippen MR) is 103 cm³/mol. The third kappa shape index (κ3) is 4.27. The van der Waals surface area contributed by atoms with E-state index < -0.39 is 17.5 Å². The standard InChI is InChI=1S/C20H28N4O4/c1-2-12-23(13-15-8-4-5-9-16(15)25)14-17(26)22-24-18(27)20(21-19(24)28)10-6-3-7-11-20/h4-5,8-9,25H,2-3,6-7,10-14H2,1H3,(H,21,28)(H,22,26). The van der Waals surface area contributed by atoms with Crippen molar-refractivity contribution in [3.63, 3.8) is 0 Å². The van der Waals surface area contributed by atoms with Crippen molar-refractivity contribution in [2.45, 2.75) is 57.5 Å². The van der Waals surface area contributed by atoms with E-state index >= 15 is 0 Å². The molecule has 1 saturated heterocycles. The molecule has 0 unspecified atom stereocenters. The number of urea groups is 1. The van der Waals surface area contributed by atoms with E-state index in [0.717, 1.165) is 36.3 Å². The van der Waals surface area contributed by atoms with Crippen LogP contribution in [0.1, 0.15) is 51.0 Å². The Bertz CT molecular complexity index is 745. The SMILES string of the molecule is CCCN(CC(=O)NN1C(=O)NC2(CCCCC2)C1=O)Cc1ccccc1O. The molecule has 1 aromatic rings. The summed E-state index contributed by atoms with van der Waals surface area (Å²) in [6.07, 6.45) is 4.87. The van der Waals surface area contributed by atoms with Crippen molar-refractivity contribution in [3.8, 4) is 5.75 Å². The normalized spacial score (nSPS) is 18.6. The first-order chi connectivity index (χ1) is 13.4. The summed E-state index contributed by atoms with van der Waals surface area (Å²) in [5.74, 6) is -0.620. The lowest BCUT2D eigenvalue weighted by atomic mass is 9.82. The molecule has 2 fully saturated rings. The predicted octanol–water partition coefficient (Wildman–Crippen LogP) is 1.89. The highest BCUT2D eigenvalue weighted by Crippen LogP contribution is 2.33. The van der Waals surface area contributed by atoms with E-state index in [0.29, 0.717) is 25.9 Å². The molecule has 1 aliphatic carbocycles. The summed E-state index contributed by atoms with van der Waals surface area (Å²) < 4.78 is 0. The highest BCUT2D eigenvalue weighted by atomic mass is 16.3. The summed E-state index contributed by atoms with van der Waals surface area (Å²) in [6, 6.07) is 6.42. The summed E-state index contributed by atoms with van der Waals surface area (Å²) in [4.78, 5) is 39.4. The van der Waals surface area contributed by atoms with Gasteiger partial charge in [-0.25, -0.2) is 4.79 Å². The maximum absolute atomic E-state index is 12.8. The lowest BCUT2D eigenvalue weighted by molar-refractivity contribution is -0.140. The van der Waals surface area contributed by atoms with Gasteiger partial charge in [0.05, 0.1) is 6.54 Å². The molecule has 0 radical (unpaired) electrons. The molecule has 1 aliphatic heterocycles. The molecule has 1 spiro atoms. The van der Waals surface area contributed by atoms with Crippen molar-refractivity contribution in [1.29, 1.82) is 0 Å². The highest BCUT2D eigenvalue weighted by molar-refractivity contribution is 6.08. The number of carbonyl (C=O) groups excluding carboxylic acids is 3. The van der Waals surface area contributed by atoms with Gasteiger partial charge in [0.1, 0.15) is 11.3 Å². The van der Waals surface area contributed by atoms with Crippen LogP contribution < -0.4 is 10.7 Å². The number of rotatable bonds is 7. The van der Waals surface area contributed by atoms with Crippen LogP contribution >= 0.6 is 0 Å². The van der Waals surface area contributed by atoms with Crippen molar-refractivity contribution >= 4 is 17.8 Å². The number of hydrogen-bond acceptors (Lipinski definition) is 5. The molecule has 2 aliphatic rings. The van der Waals surface area contributed by atoms with E-state index in [1.165, 1.54) is 0 Å². The summed E-state index contributed by atoms with van der Waals surface area (Å²) in [6.45, 7) is 3.07. The minimum Gasteiger partial charge on any atom is -0.508 e. The zero-order valence-corrected chi connectivity index (χ0v) is 16.2. The quantitative estimate of drug-likeness (QED) is 0.619. The van der Waals surface area contributed by atoms with Crippen LogP contribution in [0, 0.1) is 0 Å². The number of hydrazine groups is 1. The molecule has 1 aromatic carbocycles. The molecule has 152 valence electrons. The second-order valence-corrected chi connectivity index (χ2v) is 7.59. The zero-order chi connectivity index (χ0) is 20.1. The monoisotopic (exact) mass is 388 g/mol. The van der Waals surface area contributed by atoms with E-state index in [1.54, 1.807) is 18.2 Å². The van der Waals surface area contributed by atoms with Gasteiger partial charge in [-0.05, 0) is 31.9 Å². The number of nitrogens with one attached hydrogen (secondary N) is 2. The molecule has 3 rings (SSSR count). The number of imide groups is 1. The van der Waals surface area contributed by atoms with Crippen molar-refractivity contribution < 1.29 is 19.5 Å². The van der Waals surface area contributed by atoms with Crippen molar-refractivity contribution in [2.24, 2.45) is 0 Å². The Morgan fingerprint density at radius 2 is 1.96 bits per heavy atom. The lowest BCUT2D eigenvalue weighted by Gasteiger charge is -2.30. The number of para-hydroxylation sites is 1. The van der Waals surface area contributed by atoms with Gasteiger partial charge >= 0.3 is 6.03 Å². The Balaban J connectivity index is 1.62. The molecule has 0 atom stereocenters. The molecule has 4 amide bonds. The van der Waals surface area contributed by atoms with Crippen LogP contribution in [0.25, 0.3) is 0 Å². The number of benzene rings is 1. The molecule has 28 heavy (non-hydrogen) atoms. The maximum atomic E-state index is 12.8. The largest absolute Gasteiger partial charge is 0.508 e. The van der Waals surface area contributed by atoms with Gasteiger partial charge in [0.15, 0.2) is 0 Å². The fourth-order valence-corrected chi connectivity index (χ4v) is 3.99. The van der Waals surface area contributed by atoms with Gasteiger partial charge in [-0.1, -0.05) is 44.4 Å². The molecule has 8 nitrogen and oxygen atoms in total. The van der Waals surface area contributed by atoms with E-state index in [2.05, 4.69) is 10.7 Å². The molecule has 1 heterocycles. The fourth-order valence-electron chi connectivity index (χ4n) is 3.99. The summed E-state index contributed by atoms with van der Waals surface area (Å²) in [5.41, 5.74) is 2.33. The second-order valence-electron chi connectivity index (χ2n) is 7.59. The fraction of sp³-hybridized carbons (Fsp3) is 0.550. The summed E-state index contributed by atoms with van der Waals surface area (Å²) >= 11 is 0. The van der Waals surface area contributed by atoms with Gasteiger partial charge < -0.3 is 10.4 Å². The van der Waals surface area contributed by atoms with Crippen LogP contribution in [0.2, 0.25) is 0 Å². The van der Waals surface area contributed by atoms with Gasteiger partial charge in [0.25, 0.3) is 11.8 Å². The summed E-state index contributed by atoms with van der Waals surface area (Å²) in [7, 11) is 0. The highest BCUT2D eigenvalue weighted by Gasteiger charge is 2.52. The average Bonchev–Trinajstić information content (AvgIpc) is 2.88. The molecule has 0 bridgehead atoms. The number of phenolic OH excluding ortho intramolecular Hbond substituents is 1. The van der Waals surface area contributed by atoms with E-state index in [4.69, 9.17) is 0 Å². The van der Waals surface area contributed by atoms with Crippen molar-refractivity contribution in [2.75, 3.05) is 13.1 Å². The van der Waals surface area contributed by atoms with Crippen molar-refractivity contribution in [3.05, 3.63) is 29.8 Å². The number of phenols is 1. The first kappa shape index (κ1) is 20.1. The lowest BCUT2D eigenvalue weighted by Crippen LogP contribution is -2.52.